The summed E-state index contributed by atoms with van der Waals surface area (Å²) in [5, 5.41) is 7.57. The Bertz CT molecular complexity index is 1100. The van der Waals surface area contributed by atoms with Crippen molar-refractivity contribution in [2.75, 3.05) is 19.7 Å². The fraction of sp³-hybridized carbons (Fsp3) is 0.346. The van der Waals surface area contributed by atoms with E-state index in [0.29, 0.717) is 19.6 Å². The van der Waals surface area contributed by atoms with Gasteiger partial charge in [-0.05, 0) is 44.0 Å². The van der Waals surface area contributed by atoms with E-state index in [1.165, 1.54) is 12.1 Å². The third-order valence-corrected chi connectivity index (χ3v) is 5.51. The van der Waals surface area contributed by atoms with Gasteiger partial charge >= 0.3 is 5.97 Å². The van der Waals surface area contributed by atoms with Crippen molar-refractivity contribution in [2.24, 2.45) is 0 Å². The number of esters is 1. The minimum atomic E-state index is -0.411. The van der Waals surface area contributed by atoms with Crippen molar-refractivity contribution in [3.8, 4) is 0 Å². The molecule has 1 aromatic heterocycles. The second-order valence-corrected chi connectivity index (χ2v) is 8.15. The fourth-order valence-electron chi connectivity index (χ4n) is 3.75. The lowest BCUT2D eigenvalue weighted by Gasteiger charge is -2.21. The van der Waals surface area contributed by atoms with Gasteiger partial charge in [0.15, 0.2) is 0 Å². The van der Waals surface area contributed by atoms with Crippen LogP contribution in [0.25, 0.3) is 0 Å². The molecule has 1 heterocycles. The molecule has 7 nitrogen and oxygen atoms in total. The van der Waals surface area contributed by atoms with Crippen LogP contribution in [-0.2, 0) is 34.0 Å². The molecule has 0 saturated heterocycles. The van der Waals surface area contributed by atoms with Crippen LogP contribution in [0.3, 0.4) is 0 Å². The van der Waals surface area contributed by atoms with Crippen molar-refractivity contribution < 1.29 is 18.7 Å². The molecule has 3 aromatic rings. The van der Waals surface area contributed by atoms with Crippen molar-refractivity contribution in [3.05, 3.63) is 88.5 Å². The molecule has 0 radical (unpaired) electrons. The average Bonchev–Trinajstić information content (AvgIpc) is 3.07. The molecule has 8 heteroatoms. The maximum atomic E-state index is 13.2. The lowest BCUT2D eigenvalue weighted by molar-refractivity contribution is -0.144. The SMILES string of the molecule is CCOC(=O)CN(CC(=O)NCc1c(C)nn(Cc2ccccc2)c1C)Cc1ccc(F)cc1. The number of benzene rings is 2. The number of carbonyl (C=O) groups is 2. The molecule has 0 aliphatic rings. The van der Waals surface area contributed by atoms with Crippen LogP contribution in [-0.4, -0.2) is 46.3 Å². The second-order valence-electron chi connectivity index (χ2n) is 8.15. The van der Waals surface area contributed by atoms with E-state index >= 15 is 0 Å². The Morgan fingerprint density at radius 2 is 1.74 bits per heavy atom. The Morgan fingerprint density at radius 1 is 1.03 bits per heavy atom. The summed E-state index contributed by atoms with van der Waals surface area (Å²) in [6.07, 6.45) is 0. The number of nitrogens with zero attached hydrogens (tertiary/aromatic N) is 3. The lowest BCUT2D eigenvalue weighted by Crippen LogP contribution is -2.39. The summed E-state index contributed by atoms with van der Waals surface area (Å²) in [6.45, 7) is 7.21. The molecule has 1 N–H and O–H groups in total. The van der Waals surface area contributed by atoms with E-state index in [-0.39, 0.29) is 31.4 Å². The zero-order valence-electron chi connectivity index (χ0n) is 19.9. The van der Waals surface area contributed by atoms with Gasteiger partial charge in [0.1, 0.15) is 5.82 Å². The first kappa shape index (κ1) is 25.1. The molecule has 0 unspecified atom stereocenters. The van der Waals surface area contributed by atoms with E-state index in [9.17, 15) is 14.0 Å². The van der Waals surface area contributed by atoms with Crippen molar-refractivity contribution in [1.29, 1.82) is 0 Å². The average molecular weight is 467 g/mol. The van der Waals surface area contributed by atoms with Gasteiger partial charge < -0.3 is 10.1 Å². The van der Waals surface area contributed by atoms with E-state index < -0.39 is 5.97 Å². The summed E-state index contributed by atoms with van der Waals surface area (Å²) in [4.78, 5) is 26.5. The summed E-state index contributed by atoms with van der Waals surface area (Å²) >= 11 is 0. The normalized spacial score (nSPS) is 11.0. The predicted octanol–water partition coefficient (Wildman–Crippen LogP) is 3.37. The molecule has 0 atom stereocenters. The van der Waals surface area contributed by atoms with Gasteiger partial charge in [0, 0.05) is 24.3 Å². The first-order chi connectivity index (χ1) is 16.4. The van der Waals surface area contributed by atoms with E-state index in [1.54, 1.807) is 24.0 Å². The highest BCUT2D eigenvalue weighted by Crippen LogP contribution is 2.15. The number of aryl methyl sites for hydroxylation is 1. The molecule has 180 valence electrons. The van der Waals surface area contributed by atoms with Gasteiger partial charge in [0.25, 0.3) is 0 Å². The molecule has 1 amide bonds. The maximum Gasteiger partial charge on any atom is 0.320 e. The predicted molar refractivity (Wildman–Crippen MR) is 127 cm³/mol. The largest absolute Gasteiger partial charge is 0.465 e. The van der Waals surface area contributed by atoms with Gasteiger partial charge in [-0.3, -0.25) is 19.2 Å². The number of carbonyl (C=O) groups excluding carboxylic acids is 2. The molecule has 34 heavy (non-hydrogen) atoms. The molecule has 3 rings (SSSR count). The number of amides is 1. The first-order valence-electron chi connectivity index (χ1n) is 11.3. The number of rotatable bonds is 11. The van der Waals surface area contributed by atoms with Gasteiger partial charge in [-0.2, -0.15) is 5.10 Å². The fourth-order valence-corrected chi connectivity index (χ4v) is 3.75. The molecular formula is C26H31FN4O3. The van der Waals surface area contributed by atoms with Crippen LogP contribution < -0.4 is 5.32 Å². The first-order valence-corrected chi connectivity index (χ1v) is 11.3. The van der Waals surface area contributed by atoms with E-state index in [2.05, 4.69) is 22.5 Å². The summed E-state index contributed by atoms with van der Waals surface area (Å²) in [5.41, 5.74) is 4.78. The van der Waals surface area contributed by atoms with Crippen LogP contribution in [0.15, 0.2) is 54.6 Å². The zero-order chi connectivity index (χ0) is 24.5. The Kier molecular flexibility index (Phi) is 8.93. The van der Waals surface area contributed by atoms with Gasteiger partial charge in [0.05, 0.1) is 31.9 Å². The van der Waals surface area contributed by atoms with Gasteiger partial charge in [-0.15, -0.1) is 0 Å². The molecule has 0 aliphatic heterocycles. The van der Waals surface area contributed by atoms with E-state index in [0.717, 1.165) is 28.1 Å². The van der Waals surface area contributed by atoms with Crippen LogP contribution in [0, 0.1) is 19.7 Å². The molecule has 2 aromatic carbocycles. The minimum Gasteiger partial charge on any atom is -0.465 e. The highest BCUT2D eigenvalue weighted by Gasteiger charge is 2.18. The van der Waals surface area contributed by atoms with E-state index in [1.807, 2.05) is 36.7 Å². The Balaban J connectivity index is 1.62. The molecule has 0 fully saturated rings. The Morgan fingerprint density at radius 3 is 2.41 bits per heavy atom. The molecule has 0 aliphatic carbocycles. The molecular weight excluding hydrogens is 435 g/mol. The number of nitrogens with one attached hydrogen (secondary N) is 1. The monoisotopic (exact) mass is 466 g/mol. The topological polar surface area (TPSA) is 76.5 Å². The van der Waals surface area contributed by atoms with Crippen molar-refractivity contribution in [3.63, 3.8) is 0 Å². The highest BCUT2D eigenvalue weighted by molar-refractivity contribution is 5.79. The molecule has 0 saturated carbocycles. The Labute approximate surface area is 199 Å². The van der Waals surface area contributed by atoms with Gasteiger partial charge in [-0.25, -0.2) is 4.39 Å². The smallest absolute Gasteiger partial charge is 0.320 e. The second kappa shape index (κ2) is 12.1. The van der Waals surface area contributed by atoms with Crippen LogP contribution in [0.2, 0.25) is 0 Å². The number of aromatic nitrogens is 2. The van der Waals surface area contributed by atoms with Crippen molar-refractivity contribution >= 4 is 11.9 Å². The quantitative estimate of drug-likeness (QED) is 0.439. The van der Waals surface area contributed by atoms with Crippen LogP contribution in [0.4, 0.5) is 4.39 Å². The van der Waals surface area contributed by atoms with Crippen molar-refractivity contribution in [1.82, 2.24) is 20.0 Å². The summed E-state index contributed by atoms with van der Waals surface area (Å²) in [7, 11) is 0. The van der Waals surface area contributed by atoms with Crippen LogP contribution >= 0.6 is 0 Å². The summed E-state index contributed by atoms with van der Waals surface area (Å²) < 4.78 is 20.2. The third-order valence-electron chi connectivity index (χ3n) is 5.51. The van der Waals surface area contributed by atoms with Crippen LogP contribution in [0.1, 0.15) is 35.0 Å². The number of ether oxygens (including phenoxy) is 1. The van der Waals surface area contributed by atoms with Crippen LogP contribution in [0.5, 0.6) is 0 Å². The number of hydrogen-bond donors (Lipinski definition) is 1. The molecule has 0 spiro atoms. The summed E-state index contributed by atoms with van der Waals surface area (Å²) in [6, 6.07) is 16.1. The Hall–Kier alpha value is -3.52. The maximum absolute atomic E-state index is 13.2. The minimum absolute atomic E-state index is 0.00639. The number of hydrogen-bond acceptors (Lipinski definition) is 5. The van der Waals surface area contributed by atoms with Gasteiger partial charge in [0.2, 0.25) is 5.91 Å². The zero-order valence-corrected chi connectivity index (χ0v) is 19.9. The molecule has 0 bridgehead atoms. The standard InChI is InChI=1S/C26H31FN4O3/c1-4-34-26(33)18-30(15-22-10-12-23(27)13-11-22)17-25(32)28-14-24-19(2)29-31(20(24)3)16-21-8-6-5-7-9-21/h5-13H,4,14-18H2,1-3H3,(H,28,32). The summed E-state index contributed by atoms with van der Waals surface area (Å²) in [5.74, 6) is -0.968. The van der Waals surface area contributed by atoms with Gasteiger partial charge in [-0.1, -0.05) is 42.5 Å². The highest BCUT2D eigenvalue weighted by atomic mass is 19.1. The number of halogens is 1. The lowest BCUT2D eigenvalue weighted by atomic mass is 10.2. The van der Waals surface area contributed by atoms with E-state index in [4.69, 9.17) is 4.74 Å². The van der Waals surface area contributed by atoms with Crippen molar-refractivity contribution in [2.45, 2.75) is 40.4 Å². The third kappa shape index (κ3) is 7.25.